The zero-order chi connectivity index (χ0) is 14.8. The second-order valence-electron chi connectivity index (χ2n) is 5.71. The van der Waals surface area contributed by atoms with Gasteiger partial charge in [0.15, 0.2) is 0 Å². The third-order valence-electron chi connectivity index (χ3n) is 4.16. The Bertz CT molecular complexity index is 648. The van der Waals surface area contributed by atoms with Crippen LogP contribution < -0.4 is 11.1 Å². The van der Waals surface area contributed by atoms with E-state index in [1.807, 2.05) is 25.1 Å². The van der Waals surface area contributed by atoms with Crippen LogP contribution in [0.1, 0.15) is 40.4 Å². The fourth-order valence-electron chi connectivity index (χ4n) is 2.79. The molecule has 1 amide bonds. The summed E-state index contributed by atoms with van der Waals surface area (Å²) < 4.78 is 0. The van der Waals surface area contributed by atoms with E-state index in [-0.39, 0.29) is 5.91 Å². The van der Waals surface area contributed by atoms with Crippen LogP contribution in [-0.4, -0.2) is 5.91 Å². The molecule has 2 aromatic rings. The first-order valence-corrected chi connectivity index (χ1v) is 7.37. The maximum absolute atomic E-state index is 11.5. The van der Waals surface area contributed by atoms with Gasteiger partial charge in [-0.25, -0.2) is 0 Å². The topological polar surface area (TPSA) is 55.1 Å². The molecule has 1 aliphatic carbocycles. The summed E-state index contributed by atoms with van der Waals surface area (Å²) in [5.41, 5.74) is 9.23. The minimum Gasteiger partial charge on any atom is -0.378 e. The van der Waals surface area contributed by atoms with Crippen molar-refractivity contribution in [1.82, 2.24) is 0 Å². The Morgan fingerprint density at radius 3 is 2.48 bits per heavy atom. The van der Waals surface area contributed by atoms with Gasteiger partial charge >= 0.3 is 0 Å². The minimum absolute atomic E-state index is 0.299. The van der Waals surface area contributed by atoms with Gasteiger partial charge in [0, 0.05) is 11.3 Å². The van der Waals surface area contributed by atoms with Crippen LogP contribution in [0.4, 0.5) is 5.69 Å². The molecule has 1 unspecified atom stereocenters. The van der Waals surface area contributed by atoms with Crippen molar-refractivity contribution in [2.75, 3.05) is 5.32 Å². The third-order valence-corrected chi connectivity index (χ3v) is 4.16. The number of amides is 1. The molecule has 3 heteroatoms. The molecule has 1 atom stereocenters. The lowest BCUT2D eigenvalue weighted by Gasteiger charge is -2.22. The lowest BCUT2D eigenvalue weighted by Crippen LogP contribution is -2.17. The predicted molar refractivity (Wildman–Crippen MR) is 85.2 cm³/mol. The number of carbonyl (C=O) groups excluding carboxylic acids is 1. The van der Waals surface area contributed by atoms with Gasteiger partial charge in [0.1, 0.15) is 0 Å². The Morgan fingerprint density at radius 1 is 1.14 bits per heavy atom. The third kappa shape index (κ3) is 2.92. The summed E-state index contributed by atoms with van der Waals surface area (Å²) in [5.74, 6) is 0.294. The van der Waals surface area contributed by atoms with Crippen LogP contribution in [0.2, 0.25) is 0 Å². The van der Waals surface area contributed by atoms with Gasteiger partial charge in [-0.15, -0.1) is 0 Å². The highest BCUT2D eigenvalue weighted by molar-refractivity contribution is 5.95. The number of benzene rings is 2. The van der Waals surface area contributed by atoms with Gasteiger partial charge in [-0.2, -0.15) is 0 Å². The van der Waals surface area contributed by atoms with E-state index in [4.69, 9.17) is 5.73 Å². The van der Waals surface area contributed by atoms with Crippen molar-refractivity contribution in [1.29, 1.82) is 0 Å². The van der Waals surface area contributed by atoms with E-state index in [9.17, 15) is 4.79 Å². The number of nitrogens with one attached hydrogen (secondary N) is 1. The maximum Gasteiger partial charge on any atom is 0.249 e. The van der Waals surface area contributed by atoms with Gasteiger partial charge in [-0.05, 0) is 48.9 Å². The average molecular weight is 280 g/mol. The van der Waals surface area contributed by atoms with E-state index in [2.05, 4.69) is 29.6 Å². The summed E-state index contributed by atoms with van der Waals surface area (Å²) >= 11 is 0. The van der Waals surface area contributed by atoms with E-state index in [0.717, 1.165) is 11.3 Å². The summed E-state index contributed by atoms with van der Waals surface area (Å²) in [6.45, 7) is 1.94. The van der Waals surface area contributed by atoms with E-state index in [1.165, 1.54) is 18.4 Å². The minimum atomic E-state index is -0.376. The summed E-state index contributed by atoms with van der Waals surface area (Å²) in [7, 11) is 0. The molecule has 1 aliphatic rings. The Balaban J connectivity index is 1.91. The number of nitrogens with two attached hydrogens (primary N) is 1. The lowest BCUT2D eigenvalue weighted by atomic mass is 10.00. The zero-order valence-electron chi connectivity index (χ0n) is 12.2. The molecule has 3 N–H and O–H groups in total. The Labute approximate surface area is 125 Å². The van der Waals surface area contributed by atoms with Gasteiger partial charge in [0.05, 0.1) is 6.04 Å². The Morgan fingerprint density at radius 2 is 1.86 bits per heavy atom. The van der Waals surface area contributed by atoms with E-state index < -0.39 is 0 Å². The van der Waals surface area contributed by atoms with Crippen molar-refractivity contribution in [2.45, 2.75) is 25.8 Å². The van der Waals surface area contributed by atoms with Gasteiger partial charge < -0.3 is 11.1 Å². The average Bonchev–Trinajstić information content (AvgIpc) is 3.31. The van der Waals surface area contributed by atoms with Crippen molar-refractivity contribution < 1.29 is 4.79 Å². The smallest absolute Gasteiger partial charge is 0.249 e. The van der Waals surface area contributed by atoms with Crippen LogP contribution in [0.15, 0.2) is 48.5 Å². The first-order valence-electron chi connectivity index (χ1n) is 7.37. The molecule has 0 spiro atoms. The molecule has 21 heavy (non-hydrogen) atoms. The number of hydrogen-bond donors (Lipinski definition) is 2. The maximum atomic E-state index is 11.5. The molecule has 0 bridgehead atoms. The van der Waals surface area contributed by atoms with Crippen LogP contribution in [0.25, 0.3) is 0 Å². The quantitative estimate of drug-likeness (QED) is 0.878. The van der Waals surface area contributed by atoms with E-state index >= 15 is 0 Å². The number of carbonyl (C=O) groups is 1. The van der Waals surface area contributed by atoms with Crippen molar-refractivity contribution in [2.24, 2.45) is 11.7 Å². The molecule has 2 aromatic carbocycles. The van der Waals surface area contributed by atoms with E-state index in [0.29, 0.717) is 17.5 Å². The highest BCUT2D eigenvalue weighted by atomic mass is 16.1. The predicted octanol–water partition coefficient (Wildman–Crippen LogP) is 3.66. The number of rotatable bonds is 5. The Hall–Kier alpha value is -2.29. The molecule has 0 heterocycles. The molecule has 1 fully saturated rings. The molecule has 1 saturated carbocycles. The fraction of sp³-hybridized carbons (Fsp3) is 0.278. The molecule has 108 valence electrons. The summed E-state index contributed by atoms with van der Waals surface area (Å²) in [5, 5.41) is 3.61. The van der Waals surface area contributed by atoms with Crippen molar-refractivity contribution in [3.8, 4) is 0 Å². The molecule has 0 radical (unpaired) electrons. The number of primary amides is 1. The summed E-state index contributed by atoms with van der Waals surface area (Å²) in [6.07, 6.45) is 2.50. The van der Waals surface area contributed by atoms with Gasteiger partial charge in [-0.3, -0.25) is 4.79 Å². The monoisotopic (exact) mass is 280 g/mol. The molecule has 0 aromatic heterocycles. The highest BCUT2D eigenvalue weighted by Crippen LogP contribution is 2.43. The lowest BCUT2D eigenvalue weighted by molar-refractivity contribution is 0.1000. The zero-order valence-corrected chi connectivity index (χ0v) is 12.2. The summed E-state index contributed by atoms with van der Waals surface area (Å²) in [4.78, 5) is 11.5. The molecule has 0 aliphatic heterocycles. The molecular weight excluding hydrogens is 260 g/mol. The second-order valence-corrected chi connectivity index (χ2v) is 5.71. The first-order chi connectivity index (χ1) is 10.2. The van der Waals surface area contributed by atoms with Crippen LogP contribution in [0, 0.1) is 12.8 Å². The molecule has 3 nitrogen and oxygen atoms in total. The van der Waals surface area contributed by atoms with Crippen LogP contribution in [0.3, 0.4) is 0 Å². The van der Waals surface area contributed by atoms with Gasteiger partial charge in [0.2, 0.25) is 5.91 Å². The van der Waals surface area contributed by atoms with Gasteiger partial charge in [0.25, 0.3) is 0 Å². The van der Waals surface area contributed by atoms with Crippen LogP contribution in [0.5, 0.6) is 0 Å². The normalized spacial score (nSPS) is 15.5. The molecular formula is C18H20N2O. The van der Waals surface area contributed by atoms with Gasteiger partial charge in [-0.1, -0.05) is 36.4 Å². The SMILES string of the molecule is Cc1c(NC(c2ccccc2)C2CC2)cccc1C(N)=O. The van der Waals surface area contributed by atoms with Crippen LogP contribution in [-0.2, 0) is 0 Å². The Kier molecular flexibility index (Phi) is 3.65. The summed E-state index contributed by atoms with van der Waals surface area (Å²) in [6, 6.07) is 16.5. The fourth-order valence-corrected chi connectivity index (χ4v) is 2.79. The van der Waals surface area contributed by atoms with E-state index in [1.54, 1.807) is 6.07 Å². The van der Waals surface area contributed by atoms with Crippen molar-refractivity contribution in [3.63, 3.8) is 0 Å². The first kappa shape index (κ1) is 13.7. The molecule has 0 saturated heterocycles. The van der Waals surface area contributed by atoms with Crippen LogP contribution >= 0.6 is 0 Å². The van der Waals surface area contributed by atoms with Crippen molar-refractivity contribution >= 4 is 11.6 Å². The number of anilines is 1. The molecule has 3 rings (SSSR count). The largest absolute Gasteiger partial charge is 0.378 e. The second kappa shape index (κ2) is 5.60. The number of hydrogen-bond acceptors (Lipinski definition) is 2. The standard InChI is InChI=1S/C18H20N2O/c1-12-15(18(19)21)8-5-9-16(12)20-17(14-10-11-14)13-6-3-2-4-7-13/h2-9,14,17,20H,10-11H2,1H3,(H2,19,21). The highest BCUT2D eigenvalue weighted by Gasteiger charge is 2.32. The van der Waals surface area contributed by atoms with Crippen molar-refractivity contribution in [3.05, 3.63) is 65.2 Å².